The highest BCUT2D eigenvalue weighted by atomic mass is 19.1. The molecule has 10 rings (SSSR count). The minimum absolute atomic E-state index is 0.0188. The molecule has 776 valence electrons. The van der Waals surface area contributed by atoms with Gasteiger partial charge in [-0.05, 0) is 92.1 Å². The molecule has 8 fully saturated rings. The number of nitrogens with zero attached hydrogens (tertiary/aromatic N) is 30. The van der Waals surface area contributed by atoms with Gasteiger partial charge in [-0.1, -0.05) is 140 Å². The van der Waals surface area contributed by atoms with Crippen LogP contribution in [0.2, 0.25) is 0 Å². The van der Waals surface area contributed by atoms with Gasteiger partial charge in [0.2, 0.25) is 0 Å². The first-order chi connectivity index (χ1) is 68.5. The number of azide groups is 10. The standard InChI is InChI=1S/C40H52FN15O15.C22H28FN9O6.C18H26N6O10/c1-7-25-32(70-38-29(51-56-46)35(64-20(5)59)33(63-19(4)58)27(68-38)15-48-53-43)37(65-21(6)60)40(66-25)71-36-30(62-18(3)57)23(49-54-44)13-24(50-55-45)31(36)69-39-34(61-16-22-11-9-8-10-12-22)28(41)17(2)26(67-39)14-47-52-42;1-11-16(9-27-30-24)37-22(21(17(11)23)35-10-13-6-4-3-5-7-13)38-20-15(29-32-26)8-14(28-31-25)19(18(20)34)36-12(2)33;1-5-10-13(16(17(28)32-10)31-9(4)27)34-18-12(22-24-20)15(30-8(3)26)14(29-7(2)25)11(33-18)6-21-23-19/h8-12,17,23-40H,7,13-16H2,1-6H3;3-7,11,14-22,34H,8-10H2,1-2H3;10-18,28H,5-6H2,1-4H3/t17-,23-,24+,25-,26-,27+,28+,29-,30+,31-,32-,33-,34-,35-,36-,37-,38-,39-,40+;11-,14-,15+,16-,17+,18-,19+,20-,21-,22-;10-,11+,12-,13-,14-,15-,16-,17?,18-/m111/s1. The number of halogens is 2. The number of hydrogen-bond donors (Lipinski definition) is 2. The fraction of sp³-hybridized carbons (Fsp3) is 0.750. The van der Waals surface area contributed by atoms with Gasteiger partial charge in [-0.15, -0.1) is 0 Å². The Kier molecular flexibility index (Phi) is 45.8. The number of alkyl halides is 2. The predicted molar refractivity (Wildman–Crippen MR) is 471 cm³/mol. The molecule has 63 heteroatoms. The number of hydrogen-bond acceptors (Lipinski definition) is 41. The van der Waals surface area contributed by atoms with Crippen molar-refractivity contribution < 1.29 is 157 Å². The maximum Gasteiger partial charge on any atom is 0.303 e. The number of rotatable bonds is 40. The van der Waals surface area contributed by atoms with Gasteiger partial charge in [0.15, 0.2) is 74.4 Å². The second-order valence-corrected chi connectivity index (χ2v) is 32.9. The van der Waals surface area contributed by atoms with Crippen LogP contribution in [0.4, 0.5) is 8.78 Å². The van der Waals surface area contributed by atoms with E-state index < -0.39 is 287 Å². The quantitative estimate of drug-likeness (QED) is 0.0206. The molecule has 2 aliphatic carbocycles. The summed E-state index contributed by atoms with van der Waals surface area (Å²) in [6.45, 7) is 13.6. The van der Waals surface area contributed by atoms with E-state index in [1.54, 1.807) is 75.4 Å². The average Bonchev–Trinajstić information content (AvgIpc) is 1.69. The molecule has 2 N–H and O–H groups in total. The molecule has 2 saturated carbocycles. The van der Waals surface area contributed by atoms with Gasteiger partial charge >= 0.3 is 47.8 Å². The highest BCUT2D eigenvalue weighted by Gasteiger charge is 2.61. The molecule has 0 amide bonds. The first-order valence-electron chi connectivity index (χ1n) is 44.3. The Morgan fingerprint density at radius 3 is 0.986 bits per heavy atom. The Bertz CT molecular complexity index is 5170. The van der Waals surface area contributed by atoms with Crippen molar-refractivity contribution in [1.29, 1.82) is 0 Å². The summed E-state index contributed by atoms with van der Waals surface area (Å²) >= 11 is 0. The molecule has 1 unspecified atom stereocenters. The summed E-state index contributed by atoms with van der Waals surface area (Å²) in [7, 11) is 0. The van der Waals surface area contributed by atoms with Gasteiger partial charge in [0.1, 0.15) is 85.5 Å². The van der Waals surface area contributed by atoms with Crippen LogP contribution in [0.25, 0.3) is 104 Å². The zero-order valence-electron chi connectivity index (χ0n) is 78.7. The van der Waals surface area contributed by atoms with E-state index in [-0.39, 0.29) is 52.1 Å². The number of ether oxygens (including phenoxy) is 21. The minimum atomic E-state index is -1.83. The van der Waals surface area contributed by atoms with E-state index in [0.29, 0.717) is 12.0 Å². The van der Waals surface area contributed by atoms with Crippen LogP contribution < -0.4 is 0 Å². The van der Waals surface area contributed by atoms with E-state index in [2.05, 4.69) is 100 Å². The van der Waals surface area contributed by atoms with Crippen molar-refractivity contribution in [2.45, 2.75) is 343 Å². The molecule has 38 atom stereocenters. The number of aliphatic hydroxyl groups excluding tert-OH is 2. The van der Waals surface area contributed by atoms with Crippen molar-refractivity contribution in [2.75, 3.05) is 26.2 Å². The lowest BCUT2D eigenvalue weighted by atomic mass is 9.83. The van der Waals surface area contributed by atoms with E-state index in [1.807, 2.05) is 6.07 Å². The lowest BCUT2D eigenvalue weighted by Crippen LogP contribution is -2.63. The van der Waals surface area contributed by atoms with Crippen LogP contribution in [0.5, 0.6) is 0 Å². The van der Waals surface area contributed by atoms with Crippen LogP contribution in [0.3, 0.4) is 0 Å². The Morgan fingerprint density at radius 1 is 0.322 bits per heavy atom. The van der Waals surface area contributed by atoms with Crippen LogP contribution in [0.15, 0.2) is 112 Å². The Morgan fingerprint density at radius 2 is 0.608 bits per heavy atom. The summed E-state index contributed by atoms with van der Waals surface area (Å²) in [4.78, 5) is 125. The van der Waals surface area contributed by atoms with Crippen molar-refractivity contribution in [3.05, 3.63) is 176 Å². The number of benzene rings is 2. The highest BCUT2D eigenvalue weighted by molar-refractivity contribution is 5.69. The van der Waals surface area contributed by atoms with E-state index >= 15 is 8.78 Å². The molecule has 0 bridgehead atoms. The van der Waals surface area contributed by atoms with Gasteiger partial charge in [-0.3, -0.25) is 38.4 Å². The van der Waals surface area contributed by atoms with E-state index in [9.17, 15) is 70.7 Å². The maximum atomic E-state index is 16.7. The lowest BCUT2D eigenvalue weighted by Gasteiger charge is -2.48. The Balaban J connectivity index is 0.000000291. The fourth-order valence-electron chi connectivity index (χ4n) is 17.1. The molecule has 6 aliphatic heterocycles. The second-order valence-electron chi connectivity index (χ2n) is 32.9. The molecular weight excluding hydrogens is 1920 g/mol. The molecule has 8 aliphatic rings. The van der Waals surface area contributed by atoms with Crippen molar-refractivity contribution in [1.82, 2.24) is 0 Å². The van der Waals surface area contributed by atoms with Crippen molar-refractivity contribution >= 4 is 47.8 Å². The second kappa shape index (κ2) is 57.0. The van der Waals surface area contributed by atoms with Crippen LogP contribution >= 0.6 is 0 Å². The van der Waals surface area contributed by atoms with Crippen LogP contribution in [-0.2, 0) is 151 Å². The van der Waals surface area contributed by atoms with Gasteiger partial charge in [-0.25, -0.2) is 8.78 Å². The van der Waals surface area contributed by atoms with E-state index in [0.717, 1.165) is 61.0 Å². The Hall–Kier alpha value is -13.4. The van der Waals surface area contributed by atoms with Gasteiger partial charge in [-0.2, -0.15) is 0 Å². The summed E-state index contributed by atoms with van der Waals surface area (Å²) < 4.78 is 155. The zero-order chi connectivity index (χ0) is 105. The van der Waals surface area contributed by atoms with Gasteiger partial charge in [0.25, 0.3) is 0 Å². The van der Waals surface area contributed by atoms with Crippen LogP contribution in [-0.4, -0.2) is 305 Å². The predicted octanol–water partition coefficient (Wildman–Crippen LogP) is 11.1. The number of aliphatic hydroxyl groups is 2. The molecule has 6 saturated heterocycles. The summed E-state index contributed by atoms with van der Waals surface area (Å²) in [5, 5.41) is 57.6. The van der Waals surface area contributed by atoms with Crippen LogP contribution in [0.1, 0.15) is 120 Å². The summed E-state index contributed by atoms with van der Waals surface area (Å²) in [6.07, 6.45) is -42.9. The van der Waals surface area contributed by atoms with Crippen molar-refractivity contribution in [3.63, 3.8) is 0 Å². The minimum Gasteiger partial charge on any atom is -0.459 e. The van der Waals surface area contributed by atoms with E-state index in [1.165, 1.54) is 6.92 Å². The van der Waals surface area contributed by atoms with E-state index in [4.69, 9.17) is 133 Å². The van der Waals surface area contributed by atoms with Gasteiger partial charge in [0, 0.05) is 116 Å². The van der Waals surface area contributed by atoms with Crippen molar-refractivity contribution in [2.24, 2.45) is 63.0 Å². The fourth-order valence-corrected chi connectivity index (χ4v) is 17.1. The molecule has 2 aromatic carbocycles. The molecule has 143 heavy (non-hydrogen) atoms. The number of carbonyl (C=O) groups excluding carboxylic acids is 8. The topological polar surface area (TPSA) is 858 Å². The molecule has 6 heterocycles. The summed E-state index contributed by atoms with van der Waals surface area (Å²) in [5.74, 6) is -8.27. The van der Waals surface area contributed by atoms with Crippen LogP contribution in [0, 0.1) is 11.8 Å². The third-order valence-corrected chi connectivity index (χ3v) is 23.3. The maximum absolute atomic E-state index is 16.7. The smallest absolute Gasteiger partial charge is 0.303 e. The monoisotopic (exact) mass is 2020 g/mol. The molecule has 0 spiro atoms. The zero-order valence-corrected chi connectivity index (χ0v) is 78.7. The average molecular weight is 2020 g/mol. The first kappa shape index (κ1) is 115. The number of carbonyl (C=O) groups is 8. The molecule has 2 aromatic rings. The molecule has 61 nitrogen and oxygen atoms in total. The third-order valence-electron chi connectivity index (χ3n) is 23.3. The number of esters is 8. The van der Waals surface area contributed by atoms with Gasteiger partial charge < -0.3 is 110 Å². The highest BCUT2D eigenvalue weighted by Crippen LogP contribution is 2.45. The van der Waals surface area contributed by atoms with Crippen molar-refractivity contribution in [3.8, 4) is 0 Å². The SMILES string of the molecule is CC(=O)O[C@@H]1[C@@H](O)[C@H](O[C@H]2O[C@H](CN=[N+]=[N-])[C@@H](C)[C@H](F)[C@H]2OCc2ccccc2)[C@@H](N=[N+]=[N-])C[C@H]1N=[N+]=[N-].CC[C@H]1OC(O)[C@H](OC(C)=O)[C@@H]1O[C@H]1O[C@@H](CN=[N+]=[N-])[C@@H](OC(C)=O)[C@H](OC(C)=O)[C@H]1N=[N+]=[N-].CC[C@H]1O[C@@H](O[C@@H]2[C@@H](OC(C)=O)[C@H](N=[N+]=[N-])C[C@H](N=[N+]=[N-])[C@H]2O[C@H]2O[C@H](CN=[N+]=[N-])[C@@H](C)[C@H](F)[C@H]2OCc2ccccc2)[C@H](OC(C)=O)[C@@H]1O[C@H]1O[C@@H](CN=[N+]=[N-])[C@@H](OC(C)=O)[C@H](OC(C)=O)[C@H]1N=[N+]=[N-]. The summed E-state index contributed by atoms with van der Waals surface area (Å²) in [5.41, 5.74) is 93.6. The normalized spacial score (nSPS) is 35.0. The third kappa shape index (κ3) is 31.8. The summed E-state index contributed by atoms with van der Waals surface area (Å²) in [6, 6.07) is 9.87. The lowest BCUT2D eigenvalue weighted by molar-refractivity contribution is -0.324. The largest absolute Gasteiger partial charge is 0.459 e. The van der Waals surface area contributed by atoms with Gasteiger partial charge in [0.05, 0.1) is 100 Å². The molecule has 0 radical (unpaired) electrons. The molecular formula is C80H106F2N30O31. The first-order valence-corrected chi connectivity index (χ1v) is 44.3. The molecule has 0 aromatic heterocycles. The Labute approximate surface area is 809 Å².